The number of hydrogen-bond acceptors (Lipinski definition) is 2. The second-order valence-corrected chi connectivity index (χ2v) is 5.96. The van der Waals surface area contributed by atoms with Gasteiger partial charge in [0.15, 0.2) is 0 Å². The molecule has 0 radical (unpaired) electrons. The zero-order valence-corrected chi connectivity index (χ0v) is 13.3. The Kier molecular flexibility index (Phi) is 4.51. The predicted molar refractivity (Wildman–Crippen MR) is 92.7 cm³/mol. The molecule has 2 aromatic carbocycles. The number of hydrogen-bond donors (Lipinski definition) is 1. The Bertz CT molecular complexity index is 726. The predicted octanol–water partition coefficient (Wildman–Crippen LogP) is 5.04. The number of benzene rings is 2. The lowest BCUT2D eigenvalue weighted by molar-refractivity contribution is 0.863. The van der Waals surface area contributed by atoms with Crippen molar-refractivity contribution in [2.24, 2.45) is 0 Å². The normalized spacial score (nSPS) is 10.7. The van der Waals surface area contributed by atoms with Crippen LogP contribution in [0.4, 0.5) is 5.69 Å². The van der Waals surface area contributed by atoms with Crippen LogP contribution in [-0.2, 0) is 6.42 Å². The van der Waals surface area contributed by atoms with Crippen molar-refractivity contribution in [2.75, 3.05) is 11.9 Å². The molecular formula is C18H17BrN2. The van der Waals surface area contributed by atoms with E-state index in [4.69, 9.17) is 0 Å². The summed E-state index contributed by atoms with van der Waals surface area (Å²) in [4.78, 5) is 4.51. The van der Waals surface area contributed by atoms with Crippen molar-refractivity contribution in [1.82, 2.24) is 4.98 Å². The molecule has 3 heteroatoms. The summed E-state index contributed by atoms with van der Waals surface area (Å²) >= 11 is 3.46. The largest absolute Gasteiger partial charge is 0.383 e. The SMILES string of the molecule is Brc1cnc2c(NCCCc3ccccc3)cccc2c1. The van der Waals surface area contributed by atoms with Crippen LogP contribution in [0.5, 0.6) is 0 Å². The molecule has 0 fully saturated rings. The number of aryl methyl sites for hydroxylation is 1. The summed E-state index contributed by atoms with van der Waals surface area (Å²) in [7, 11) is 0. The molecule has 0 aliphatic carbocycles. The lowest BCUT2D eigenvalue weighted by atomic mass is 10.1. The number of para-hydroxylation sites is 1. The van der Waals surface area contributed by atoms with Crippen molar-refractivity contribution in [3.8, 4) is 0 Å². The van der Waals surface area contributed by atoms with E-state index in [0.717, 1.165) is 40.4 Å². The first-order valence-electron chi connectivity index (χ1n) is 7.15. The zero-order chi connectivity index (χ0) is 14.5. The molecule has 0 spiro atoms. The molecule has 0 saturated heterocycles. The minimum absolute atomic E-state index is 0.950. The summed E-state index contributed by atoms with van der Waals surface area (Å²) < 4.78 is 1.01. The number of pyridine rings is 1. The van der Waals surface area contributed by atoms with Gasteiger partial charge < -0.3 is 5.32 Å². The Morgan fingerprint density at radius 3 is 2.71 bits per heavy atom. The molecule has 0 aliphatic rings. The first-order valence-corrected chi connectivity index (χ1v) is 7.94. The van der Waals surface area contributed by atoms with E-state index >= 15 is 0 Å². The number of fused-ring (bicyclic) bond motifs is 1. The van der Waals surface area contributed by atoms with Crippen LogP contribution in [0.25, 0.3) is 10.9 Å². The van der Waals surface area contributed by atoms with E-state index < -0.39 is 0 Å². The smallest absolute Gasteiger partial charge is 0.0934 e. The van der Waals surface area contributed by atoms with Gasteiger partial charge in [-0.05, 0) is 46.5 Å². The van der Waals surface area contributed by atoms with Crippen molar-refractivity contribution in [3.63, 3.8) is 0 Å². The molecule has 106 valence electrons. The summed E-state index contributed by atoms with van der Waals surface area (Å²) in [6, 6.07) is 18.9. The Hall–Kier alpha value is -1.87. The molecular weight excluding hydrogens is 324 g/mol. The Morgan fingerprint density at radius 2 is 1.86 bits per heavy atom. The number of anilines is 1. The first-order chi connectivity index (χ1) is 10.3. The van der Waals surface area contributed by atoms with Crippen LogP contribution >= 0.6 is 15.9 Å². The van der Waals surface area contributed by atoms with Gasteiger partial charge >= 0.3 is 0 Å². The number of aromatic nitrogens is 1. The van der Waals surface area contributed by atoms with Crippen molar-refractivity contribution in [3.05, 3.63) is 70.8 Å². The third-order valence-corrected chi connectivity index (χ3v) is 3.91. The van der Waals surface area contributed by atoms with Gasteiger partial charge in [-0.3, -0.25) is 4.98 Å². The van der Waals surface area contributed by atoms with E-state index in [2.05, 4.69) is 80.8 Å². The molecule has 3 rings (SSSR count). The Morgan fingerprint density at radius 1 is 1.00 bits per heavy atom. The fraction of sp³-hybridized carbons (Fsp3) is 0.167. The third-order valence-electron chi connectivity index (χ3n) is 3.48. The van der Waals surface area contributed by atoms with E-state index in [1.807, 2.05) is 6.20 Å². The molecule has 0 atom stereocenters. The van der Waals surface area contributed by atoms with E-state index in [9.17, 15) is 0 Å². The Labute approximate surface area is 133 Å². The van der Waals surface area contributed by atoms with E-state index in [1.54, 1.807) is 0 Å². The van der Waals surface area contributed by atoms with Gasteiger partial charge in [0.05, 0.1) is 11.2 Å². The van der Waals surface area contributed by atoms with Gasteiger partial charge in [-0.2, -0.15) is 0 Å². The van der Waals surface area contributed by atoms with Crippen LogP contribution in [0.1, 0.15) is 12.0 Å². The quantitative estimate of drug-likeness (QED) is 0.658. The van der Waals surface area contributed by atoms with Crippen molar-refractivity contribution in [2.45, 2.75) is 12.8 Å². The van der Waals surface area contributed by atoms with Crippen molar-refractivity contribution in [1.29, 1.82) is 0 Å². The highest BCUT2D eigenvalue weighted by Gasteiger charge is 2.02. The fourth-order valence-electron chi connectivity index (χ4n) is 2.44. The lowest BCUT2D eigenvalue weighted by Gasteiger charge is -2.09. The summed E-state index contributed by atoms with van der Waals surface area (Å²) in [6.45, 7) is 0.950. The fourth-order valence-corrected chi connectivity index (χ4v) is 2.79. The third kappa shape index (κ3) is 3.61. The molecule has 2 nitrogen and oxygen atoms in total. The molecule has 0 saturated carbocycles. The van der Waals surface area contributed by atoms with Crippen LogP contribution in [0.3, 0.4) is 0 Å². The minimum atomic E-state index is 0.950. The van der Waals surface area contributed by atoms with Gasteiger partial charge in [0.25, 0.3) is 0 Å². The summed E-state index contributed by atoms with van der Waals surface area (Å²) in [5, 5.41) is 4.65. The highest BCUT2D eigenvalue weighted by atomic mass is 79.9. The van der Waals surface area contributed by atoms with Crippen LogP contribution in [-0.4, -0.2) is 11.5 Å². The average Bonchev–Trinajstić information content (AvgIpc) is 2.52. The van der Waals surface area contributed by atoms with Crippen LogP contribution in [0.15, 0.2) is 65.3 Å². The second-order valence-electron chi connectivity index (χ2n) is 5.05. The molecule has 1 heterocycles. The van der Waals surface area contributed by atoms with Gasteiger partial charge in [-0.25, -0.2) is 0 Å². The minimum Gasteiger partial charge on any atom is -0.383 e. The first kappa shape index (κ1) is 14.1. The lowest BCUT2D eigenvalue weighted by Crippen LogP contribution is -2.03. The molecule has 0 bridgehead atoms. The molecule has 0 unspecified atom stereocenters. The highest BCUT2D eigenvalue weighted by Crippen LogP contribution is 2.23. The summed E-state index contributed by atoms with van der Waals surface area (Å²) in [5.41, 5.74) is 3.52. The van der Waals surface area contributed by atoms with Gasteiger partial charge in [0, 0.05) is 22.6 Å². The number of nitrogens with zero attached hydrogens (tertiary/aromatic N) is 1. The Balaban J connectivity index is 1.63. The standard InChI is InChI=1S/C18H17BrN2/c19-16-12-15-9-4-10-17(18(15)21-13-16)20-11-5-8-14-6-2-1-3-7-14/h1-4,6-7,9-10,12-13,20H,5,8,11H2. The average molecular weight is 341 g/mol. The maximum atomic E-state index is 4.51. The van der Waals surface area contributed by atoms with Crippen LogP contribution < -0.4 is 5.32 Å². The monoisotopic (exact) mass is 340 g/mol. The maximum absolute atomic E-state index is 4.51. The molecule has 1 N–H and O–H groups in total. The second kappa shape index (κ2) is 6.72. The molecule has 1 aromatic heterocycles. The molecule has 3 aromatic rings. The van der Waals surface area contributed by atoms with Gasteiger partial charge in [0.1, 0.15) is 0 Å². The van der Waals surface area contributed by atoms with E-state index in [-0.39, 0.29) is 0 Å². The number of nitrogens with one attached hydrogen (secondary N) is 1. The zero-order valence-electron chi connectivity index (χ0n) is 11.7. The van der Waals surface area contributed by atoms with Gasteiger partial charge in [-0.1, -0.05) is 42.5 Å². The molecule has 0 aliphatic heterocycles. The number of rotatable bonds is 5. The summed E-state index contributed by atoms with van der Waals surface area (Å²) in [6.07, 6.45) is 4.05. The van der Waals surface area contributed by atoms with Crippen molar-refractivity contribution < 1.29 is 0 Å². The van der Waals surface area contributed by atoms with Gasteiger partial charge in [-0.15, -0.1) is 0 Å². The molecule has 0 amide bonds. The van der Waals surface area contributed by atoms with E-state index in [1.165, 1.54) is 5.56 Å². The van der Waals surface area contributed by atoms with Crippen molar-refractivity contribution >= 4 is 32.5 Å². The molecule has 21 heavy (non-hydrogen) atoms. The topological polar surface area (TPSA) is 24.9 Å². The van der Waals surface area contributed by atoms with Crippen LogP contribution in [0, 0.1) is 0 Å². The van der Waals surface area contributed by atoms with E-state index in [0.29, 0.717) is 0 Å². The summed E-state index contributed by atoms with van der Waals surface area (Å²) in [5.74, 6) is 0. The van der Waals surface area contributed by atoms with Gasteiger partial charge in [0.2, 0.25) is 0 Å². The van der Waals surface area contributed by atoms with Crippen LogP contribution in [0.2, 0.25) is 0 Å². The highest BCUT2D eigenvalue weighted by molar-refractivity contribution is 9.10. The maximum Gasteiger partial charge on any atom is 0.0934 e. The number of halogens is 1.